The van der Waals surface area contributed by atoms with E-state index in [1.54, 1.807) is 27.4 Å². The molecule has 4 aliphatic heterocycles. The molecule has 1 aromatic rings. The SMILES string of the molecule is O=C(C1CCCCN1CC(=O)N1CCCc2cc(S(=O)(=O)N3CCCC3)ccc21)N1CCCC1. The van der Waals surface area contributed by atoms with Crippen LogP contribution in [0.1, 0.15) is 56.9 Å². The van der Waals surface area contributed by atoms with E-state index in [0.29, 0.717) is 24.5 Å². The van der Waals surface area contributed by atoms with E-state index in [0.717, 1.165) is 88.7 Å². The Balaban J connectivity index is 1.31. The van der Waals surface area contributed by atoms with Gasteiger partial charge in [-0.1, -0.05) is 6.42 Å². The molecule has 0 spiro atoms. The van der Waals surface area contributed by atoms with Crippen LogP contribution in [0.25, 0.3) is 0 Å². The number of carbonyl (C=O) groups excluding carboxylic acids is 2. The maximum atomic E-state index is 13.4. The average molecular weight is 489 g/mol. The number of hydrogen-bond acceptors (Lipinski definition) is 5. The first kappa shape index (κ1) is 23.8. The topological polar surface area (TPSA) is 81.2 Å². The Kier molecular flexibility index (Phi) is 6.95. The first-order valence-electron chi connectivity index (χ1n) is 12.9. The van der Waals surface area contributed by atoms with E-state index in [-0.39, 0.29) is 24.4 Å². The van der Waals surface area contributed by atoms with Gasteiger partial charge in [0, 0.05) is 38.4 Å². The zero-order valence-electron chi connectivity index (χ0n) is 20.0. The van der Waals surface area contributed by atoms with Crippen molar-refractivity contribution in [1.29, 1.82) is 0 Å². The van der Waals surface area contributed by atoms with Gasteiger partial charge in [0.05, 0.1) is 17.5 Å². The number of piperidine rings is 1. The molecule has 3 saturated heterocycles. The number of likely N-dealkylation sites (tertiary alicyclic amines) is 2. The second-order valence-corrected chi connectivity index (χ2v) is 12.0. The molecule has 2 amide bonds. The molecule has 1 atom stereocenters. The minimum Gasteiger partial charge on any atom is -0.341 e. The van der Waals surface area contributed by atoms with Crippen LogP contribution in [0.15, 0.2) is 23.1 Å². The van der Waals surface area contributed by atoms with Gasteiger partial charge in [0.1, 0.15) is 0 Å². The molecule has 0 aromatic heterocycles. The lowest BCUT2D eigenvalue weighted by molar-refractivity contribution is -0.138. The Morgan fingerprint density at radius 2 is 1.56 bits per heavy atom. The van der Waals surface area contributed by atoms with Gasteiger partial charge < -0.3 is 9.80 Å². The van der Waals surface area contributed by atoms with Gasteiger partial charge >= 0.3 is 0 Å². The summed E-state index contributed by atoms with van der Waals surface area (Å²) in [5.74, 6) is 0.179. The van der Waals surface area contributed by atoms with Crippen molar-refractivity contribution >= 4 is 27.5 Å². The second-order valence-electron chi connectivity index (χ2n) is 10.1. The van der Waals surface area contributed by atoms with E-state index < -0.39 is 10.0 Å². The highest BCUT2D eigenvalue weighted by Crippen LogP contribution is 2.32. The molecule has 4 heterocycles. The van der Waals surface area contributed by atoms with E-state index in [1.807, 2.05) is 4.90 Å². The third kappa shape index (κ3) is 4.62. The van der Waals surface area contributed by atoms with Gasteiger partial charge in [-0.15, -0.1) is 0 Å². The van der Waals surface area contributed by atoms with Crippen molar-refractivity contribution in [2.45, 2.75) is 68.7 Å². The quantitative estimate of drug-likeness (QED) is 0.635. The molecule has 0 saturated carbocycles. The number of carbonyl (C=O) groups is 2. The predicted molar refractivity (Wildman–Crippen MR) is 130 cm³/mol. The molecule has 186 valence electrons. The summed E-state index contributed by atoms with van der Waals surface area (Å²) in [6.07, 6.45) is 8.37. The minimum absolute atomic E-state index is 0.00257. The lowest BCUT2D eigenvalue weighted by Crippen LogP contribution is -2.53. The maximum Gasteiger partial charge on any atom is 0.243 e. The van der Waals surface area contributed by atoms with E-state index in [2.05, 4.69) is 4.90 Å². The second kappa shape index (κ2) is 9.95. The number of anilines is 1. The Labute approximate surface area is 202 Å². The fraction of sp³-hybridized carbons (Fsp3) is 0.680. The van der Waals surface area contributed by atoms with Crippen LogP contribution in [-0.4, -0.2) is 86.2 Å². The molecule has 0 N–H and O–H groups in total. The summed E-state index contributed by atoms with van der Waals surface area (Å²) in [5, 5.41) is 0. The molecular weight excluding hydrogens is 452 g/mol. The summed E-state index contributed by atoms with van der Waals surface area (Å²) in [6.45, 7) is 4.46. The third-order valence-corrected chi connectivity index (χ3v) is 9.72. The van der Waals surface area contributed by atoms with Gasteiger partial charge in [0.25, 0.3) is 0 Å². The van der Waals surface area contributed by atoms with E-state index in [4.69, 9.17) is 0 Å². The summed E-state index contributed by atoms with van der Waals surface area (Å²) in [5.41, 5.74) is 1.74. The van der Waals surface area contributed by atoms with Crippen molar-refractivity contribution in [3.63, 3.8) is 0 Å². The molecule has 1 unspecified atom stereocenters. The van der Waals surface area contributed by atoms with Crippen LogP contribution < -0.4 is 4.90 Å². The first-order chi connectivity index (χ1) is 16.4. The molecule has 5 rings (SSSR count). The van der Waals surface area contributed by atoms with Crippen molar-refractivity contribution in [3.8, 4) is 0 Å². The number of rotatable bonds is 5. The lowest BCUT2D eigenvalue weighted by Gasteiger charge is -2.38. The number of aryl methyl sites for hydroxylation is 1. The van der Waals surface area contributed by atoms with Crippen molar-refractivity contribution < 1.29 is 18.0 Å². The van der Waals surface area contributed by atoms with Crippen LogP contribution in [0.5, 0.6) is 0 Å². The lowest BCUT2D eigenvalue weighted by atomic mass is 9.99. The smallest absolute Gasteiger partial charge is 0.243 e. The van der Waals surface area contributed by atoms with Crippen LogP contribution >= 0.6 is 0 Å². The molecule has 0 aliphatic carbocycles. The number of nitrogens with zero attached hydrogens (tertiary/aromatic N) is 4. The van der Waals surface area contributed by atoms with Crippen LogP contribution in [0.2, 0.25) is 0 Å². The Hall–Kier alpha value is -1.97. The van der Waals surface area contributed by atoms with Gasteiger partial charge in [-0.25, -0.2) is 8.42 Å². The molecule has 1 aromatic carbocycles. The monoisotopic (exact) mass is 488 g/mol. The summed E-state index contributed by atoms with van der Waals surface area (Å²) in [4.78, 5) is 32.7. The Bertz CT molecular complexity index is 1030. The number of hydrogen-bond donors (Lipinski definition) is 0. The molecule has 4 aliphatic rings. The van der Waals surface area contributed by atoms with Crippen molar-refractivity contribution in [2.24, 2.45) is 0 Å². The molecule has 3 fully saturated rings. The van der Waals surface area contributed by atoms with Crippen LogP contribution in [0.4, 0.5) is 5.69 Å². The molecule has 0 bridgehead atoms. The normalized spacial score (nSPS) is 24.4. The van der Waals surface area contributed by atoms with Crippen LogP contribution in [-0.2, 0) is 26.0 Å². The molecule has 8 nitrogen and oxygen atoms in total. The van der Waals surface area contributed by atoms with Crippen LogP contribution in [0, 0.1) is 0 Å². The third-order valence-electron chi connectivity index (χ3n) is 7.83. The van der Waals surface area contributed by atoms with E-state index >= 15 is 0 Å². The summed E-state index contributed by atoms with van der Waals surface area (Å²) < 4.78 is 27.6. The Morgan fingerprint density at radius 1 is 0.853 bits per heavy atom. The number of benzene rings is 1. The zero-order valence-corrected chi connectivity index (χ0v) is 20.8. The maximum absolute atomic E-state index is 13.4. The highest BCUT2D eigenvalue weighted by atomic mass is 32.2. The highest BCUT2D eigenvalue weighted by molar-refractivity contribution is 7.89. The summed E-state index contributed by atoms with van der Waals surface area (Å²) >= 11 is 0. The fourth-order valence-corrected chi connectivity index (χ4v) is 7.51. The van der Waals surface area contributed by atoms with E-state index in [1.165, 1.54) is 0 Å². The standard InChI is InChI=1S/C25H36N4O4S/c30-24(19-27-14-2-1-9-23(27)25(31)26-12-3-4-13-26)29-17-7-8-20-18-21(10-11-22(20)29)34(32,33)28-15-5-6-16-28/h10-11,18,23H,1-9,12-17,19H2. The molecule has 9 heteroatoms. The predicted octanol–water partition coefficient (Wildman–Crippen LogP) is 2.23. The Morgan fingerprint density at radius 3 is 2.32 bits per heavy atom. The molecule has 0 radical (unpaired) electrons. The van der Waals surface area contributed by atoms with Gasteiger partial charge in [0.15, 0.2) is 0 Å². The first-order valence-corrected chi connectivity index (χ1v) is 14.4. The van der Waals surface area contributed by atoms with Crippen molar-refractivity contribution in [3.05, 3.63) is 23.8 Å². The molecular formula is C25H36N4O4S. The van der Waals surface area contributed by atoms with Gasteiger partial charge in [0.2, 0.25) is 21.8 Å². The van der Waals surface area contributed by atoms with Gasteiger partial charge in [-0.3, -0.25) is 14.5 Å². The largest absolute Gasteiger partial charge is 0.341 e. The van der Waals surface area contributed by atoms with Crippen molar-refractivity contribution in [2.75, 3.05) is 50.7 Å². The number of fused-ring (bicyclic) bond motifs is 1. The van der Waals surface area contributed by atoms with Gasteiger partial charge in [-0.05, 0) is 81.7 Å². The fourth-order valence-electron chi connectivity index (χ4n) is 5.94. The number of sulfonamides is 1. The minimum atomic E-state index is -3.48. The molecule has 34 heavy (non-hydrogen) atoms. The summed E-state index contributed by atoms with van der Waals surface area (Å²) in [7, 11) is -3.48. The van der Waals surface area contributed by atoms with Gasteiger partial charge in [-0.2, -0.15) is 4.31 Å². The van der Waals surface area contributed by atoms with E-state index in [9.17, 15) is 18.0 Å². The zero-order chi connectivity index (χ0) is 23.7. The van der Waals surface area contributed by atoms with Crippen molar-refractivity contribution in [1.82, 2.24) is 14.1 Å². The highest BCUT2D eigenvalue weighted by Gasteiger charge is 2.35. The average Bonchev–Trinajstić information content (AvgIpc) is 3.58. The number of amides is 2. The summed E-state index contributed by atoms with van der Waals surface area (Å²) in [6, 6.07) is 5.02. The van der Waals surface area contributed by atoms with Crippen LogP contribution in [0.3, 0.4) is 0 Å².